The first-order chi connectivity index (χ1) is 12.2. The van der Waals surface area contributed by atoms with Crippen molar-refractivity contribution in [3.05, 3.63) is 65.2 Å². The third-order valence-electron chi connectivity index (χ3n) is 3.54. The van der Waals surface area contributed by atoms with Crippen LogP contribution >= 0.6 is 11.3 Å². The van der Waals surface area contributed by atoms with Crippen molar-refractivity contribution in [3.63, 3.8) is 0 Å². The molecule has 2 aromatic heterocycles. The van der Waals surface area contributed by atoms with Crippen LogP contribution in [0.25, 0.3) is 10.6 Å². The van der Waals surface area contributed by atoms with Gasteiger partial charge in [-0.05, 0) is 17.0 Å². The molecule has 128 valence electrons. The van der Waals surface area contributed by atoms with Gasteiger partial charge in [-0.25, -0.2) is 4.79 Å². The second-order valence-electron chi connectivity index (χ2n) is 5.30. The molecule has 0 aliphatic heterocycles. The fourth-order valence-electron chi connectivity index (χ4n) is 2.30. The van der Waals surface area contributed by atoms with Crippen LogP contribution in [-0.2, 0) is 16.1 Å². The molecule has 1 N–H and O–H groups in total. The summed E-state index contributed by atoms with van der Waals surface area (Å²) in [7, 11) is 1.49. The van der Waals surface area contributed by atoms with E-state index in [1.165, 1.54) is 18.4 Å². The van der Waals surface area contributed by atoms with Gasteiger partial charge in [-0.15, -0.1) is 11.3 Å². The maximum absolute atomic E-state index is 12.4. The molecule has 0 aliphatic rings. The minimum atomic E-state index is -0.564. The first-order valence-electron chi connectivity index (χ1n) is 7.70. The number of hydrogen-bond donors (Lipinski definition) is 1. The number of carbonyl (C=O) groups excluding carboxylic acids is 2. The number of esters is 1. The van der Waals surface area contributed by atoms with Gasteiger partial charge in [0.05, 0.1) is 11.4 Å². The van der Waals surface area contributed by atoms with Gasteiger partial charge in [0.15, 0.2) is 6.61 Å². The Morgan fingerprint density at radius 3 is 2.68 bits per heavy atom. The van der Waals surface area contributed by atoms with Gasteiger partial charge in [0.1, 0.15) is 11.3 Å². The lowest BCUT2D eigenvalue weighted by molar-refractivity contribution is -0.123. The van der Waals surface area contributed by atoms with E-state index in [4.69, 9.17) is 4.74 Å². The van der Waals surface area contributed by atoms with Crippen molar-refractivity contribution in [2.24, 2.45) is 0 Å². The Kier molecular flexibility index (Phi) is 5.25. The molecule has 2 heterocycles. The van der Waals surface area contributed by atoms with Crippen LogP contribution in [-0.4, -0.2) is 35.3 Å². The average Bonchev–Trinajstić information content (AvgIpc) is 3.29. The topological polar surface area (TPSA) is 73.2 Å². The molecule has 25 heavy (non-hydrogen) atoms. The Bertz CT molecular complexity index is 857. The Balaban J connectivity index is 1.87. The Morgan fingerprint density at radius 2 is 2.00 bits per heavy atom. The predicted octanol–water partition coefficient (Wildman–Crippen LogP) is 2.56. The van der Waals surface area contributed by atoms with Crippen LogP contribution in [0.2, 0.25) is 0 Å². The summed E-state index contributed by atoms with van der Waals surface area (Å²) in [6.45, 7) is 0.227. The quantitative estimate of drug-likeness (QED) is 0.690. The molecule has 0 aliphatic carbocycles. The molecule has 0 fully saturated rings. The number of hydrogen-bond acceptors (Lipinski definition) is 5. The van der Waals surface area contributed by atoms with Crippen molar-refractivity contribution >= 4 is 23.2 Å². The van der Waals surface area contributed by atoms with Gasteiger partial charge < -0.3 is 10.1 Å². The number of amides is 1. The van der Waals surface area contributed by atoms with Gasteiger partial charge in [0, 0.05) is 13.2 Å². The summed E-state index contributed by atoms with van der Waals surface area (Å²) >= 11 is 1.49. The number of ether oxygens (including phenoxy) is 1. The largest absolute Gasteiger partial charge is 0.452 e. The van der Waals surface area contributed by atoms with Crippen LogP contribution in [0.5, 0.6) is 0 Å². The van der Waals surface area contributed by atoms with Gasteiger partial charge >= 0.3 is 5.97 Å². The number of benzene rings is 1. The van der Waals surface area contributed by atoms with Crippen LogP contribution < -0.4 is 5.32 Å². The molecule has 0 radical (unpaired) electrons. The average molecular weight is 355 g/mol. The number of thiophene rings is 1. The first-order valence-corrected chi connectivity index (χ1v) is 8.58. The molecular weight excluding hydrogens is 338 g/mol. The van der Waals surface area contributed by atoms with E-state index in [1.807, 2.05) is 47.8 Å². The third kappa shape index (κ3) is 4.13. The normalized spacial score (nSPS) is 10.4. The Morgan fingerprint density at radius 1 is 1.20 bits per heavy atom. The maximum Gasteiger partial charge on any atom is 0.342 e. The highest BCUT2D eigenvalue weighted by atomic mass is 32.1. The molecule has 3 rings (SSSR count). The molecule has 0 saturated heterocycles. The van der Waals surface area contributed by atoms with E-state index in [-0.39, 0.29) is 12.5 Å². The van der Waals surface area contributed by atoms with Crippen molar-refractivity contribution in [3.8, 4) is 10.6 Å². The van der Waals surface area contributed by atoms with E-state index >= 15 is 0 Å². The van der Waals surface area contributed by atoms with Gasteiger partial charge in [-0.2, -0.15) is 5.10 Å². The number of carbonyl (C=O) groups is 2. The Labute approximate surface area is 149 Å². The summed E-state index contributed by atoms with van der Waals surface area (Å²) < 4.78 is 6.79. The number of rotatable bonds is 6. The number of nitrogens with one attached hydrogen (secondary N) is 1. The molecule has 0 atom stereocenters. The molecule has 7 heteroatoms. The molecule has 6 nitrogen and oxygen atoms in total. The van der Waals surface area contributed by atoms with Crippen LogP contribution in [0.4, 0.5) is 0 Å². The van der Waals surface area contributed by atoms with Crippen LogP contribution in [0.3, 0.4) is 0 Å². The van der Waals surface area contributed by atoms with Gasteiger partial charge in [-0.1, -0.05) is 36.4 Å². The highest BCUT2D eigenvalue weighted by Crippen LogP contribution is 2.27. The Hall–Kier alpha value is -2.93. The SMILES string of the molecule is CNC(=O)COC(=O)c1cn(Cc2ccccc2)nc1-c1cccs1. The van der Waals surface area contributed by atoms with Crippen molar-refractivity contribution in [2.75, 3.05) is 13.7 Å². The zero-order valence-corrected chi connectivity index (χ0v) is 14.5. The molecule has 0 bridgehead atoms. The minimum absolute atomic E-state index is 0.316. The van der Waals surface area contributed by atoms with Crippen molar-refractivity contribution in [1.29, 1.82) is 0 Å². The van der Waals surface area contributed by atoms with Gasteiger partial charge in [0.25, 0.3) is 5.91 Å². The predicted molar refractivity (Wildman–Crippen MR) is 95.4 cm³/mol. The molecule has 3 aromatic rings. The summed E-state index contributed by atoms with van der Waals surface area (Å²) in [6, 6.07) is 13.7. The fraction of sp³-hybridized carbons (Fsp3) is 0.167. The number of nitrogens with zero attached hydrogens (tertiary/aromatic N) is 2. The van der Waals surface area contributed by atoms with Crippen LogP contribution in [0.1, 0.15) is 15.9 Å². The second kappa shape index (κ2) is 7.76. The molecule has 0 unspecified atom stereocenters. The van der Waals surface area contributed by atoms with E-state index in [0.29, 0.717) is 17.8 Å². The van der Waals surface area contributed by atoms with Crippen molar-refractivity contribution in [2.45, 2.75) is 6.54 Å². The highest BCUT2D eigenvalue weighted by molar-refractivity contribution is 7.13. The van der Waals surface area contributed by atoms with Crippen molar-refractivity contribution < 1.29 is 14.3 Å². The zero-order chi connectivity index (χ0) is 17.6. The van der Waals surface area contributed by atoms with E-state index in [0.717, 1.165) is 10.4 Å². The van der Waals surface area contributed by atoms with E-state index in [2.05, 4.69) is 10.4 Å². The summed E-state index contributed by atoms with van der Waals surface area (Å²) in [5.41, 5.74) is 1.99. The summed E-state index contributed by atoms with van der Waals surface area (Å²) in [4.78, 5) is 24.6. The van der Waals surface area contributed by atoms with Crippen LogP contribution in [0, 0.1) is 0 Å². The maximum atomic E-state index is 12.4. The highest BCUT2D eigenvalue weighted by Gasteiger charge is 2.20. The monoisotopic (exact) mass is 355 g/mol. The van der Waals surface area contributed by atoms with E-state index < -0.39 is 5.97 Å². The van der Waals surface area contributed by atoms with Crippen LogP contribution in [0.15, 0.2) is 54.0 Å². The molecule has 0 spiro atoms. The summed E-state index contributed by atoms with van der Waals surface area (Å²) in [5.74, 6) is -0.922. The molecule has 1 aromatic carbocycles. The fourth-order valence-corrected chi connectivity index (χ4v) is 3.02. The summed E-state index contributed by atoms with van der Waals surface area (Å²) in [6.07, 6.45) is 1.66. The molecule has 1 amide bonds. The lowest BCUT2D eigenvalue weighted by atomic mass is 10.2. The molecule has 0 saturated carbocycles. The zero-order valence-electron chi connectivity index (χ0n) is 13.6. The van der Waals surface area contributed by atoms with Gasteiger partial charge in [0.2, 0.25) is 0 Å². The lowest BCUT2D eigenvalue weighted by Gasteiger charge is -2.03. The standard InChI is InChI=1S/C18H17N3O3S/c1-19-16(22)12-24-18(23)14-11-21(10-13-6-3-2-4-7-13)20-17(14)15-8-5-9-25-15/h2-9,11H,10,12H2,1H3,(H,19,22). The summed E-state index contributed by atoms with van der Waals surface area (Å²) in [5, 5.41) is 8.88. The third-order valence-corrected chi connectivity index (χ3v) is 4.41. The molecular formula is C18H17N3O3S. The number of likely N-dealkylation sites (N-methyl/N-ethyl adjacent to an activating group) is 1. The minimum Gasteiger partial charge on any atom is -0.452 e. The first kappa shape index (κ1) is 16.9. The smallest absolute Gasteiger partial charge is 0.342 e. The van der Waals surface area contributed by atoms with Crippen molar-refractivity contribution in [1.82, 2.24) is 15.1 Å². The van der Waals surface area contributed by atoms with Gasteiger partial charge in [-0.3, -0.25) is 9.48 Å². The van der Waals surface area contributed by atoms with E-state index in [1.54, 1.807) is 10.9 Å². The van der Waals surface area contributed by atoms with E-state index in [9.17, 15) is 9.59 Å². The second-order valence-corrected chi connectivity index (χ2v) is 6.25. The number of aromatic nitrogens is 2. The lowest BCUT2D eigenvalue weighted by Crippen LogP contribution is -2.25.